The number of anilines is 3. The molecule has 17 nitrogen and oxygen atoms in total. The summed E-state index contributed by atoms with van der Waals surface area (Å²) >= 11 is 1.27. The second-order valence-corrected chi connectivity index (χ2v) is 20.4. The number of H-pyrrole nitrogens is 1. The largest absolute Gasteiger partial charge is 0.370 e. The number of benzene rings is 3. The topological polar surface area (TPSA) is 185 Å². The van der Waals surface area contributed by atoms with Crippen LogP contribution in [0.1, 0.15) is 64.1 Å². The molecule has 360 valence electrons. The van der Waals surface area contributed by atoms with Crippen LogP contribution in [0.4, 0.5) is 34.6 Å². The summed E-state index contributed by atoms with van der Waals surface area (Å²) in [6, 6.07) is 14.2. The van der Waals surface area contributed by atoms with Crippen LogP contribution in [-0.4, -0.2) is 134 Å². The predicted molar refractivity (Wildman–Crippen MR) is 252 cm³/mol. The lowest BCUT2D eigenvalue weighted by Gasteiger charge is -2.61. The number of halogens is 3. The Labute approximate surface area is 402 Å². The van der Waals surface area contributed by atoms with Crippen molar-refractivity contribution in [3.8, 4) is 11.1 Å². The molecular weight excluding hydrogens is 926 g/mol. The van der Waals surface area contributed by atoms with Crippen LogP contribution < -0.4 is 20.4 Å². The molecule has 0 bridgehead atoms. The highest BCUT2D eigenvalue weighted by molar-refractivity contribution is 7.13. The number of carbonyl (C=O) groups excluding carboxylic acids is 5. The van der Waals surface area contributed by atoms with E-state index in [-0.39, 0.29) is 67.3 Å². The fourth-order valence-corrected chi connectivity index (χ4v) is 12.0. The minimum Gasteiger partial charge on any atom is -0.370 e. The van der Waals surface area contributed by atoms with Crippen LogP contribution in [0.25, 0.3) is 22.0 Å². The molecule has 3 N–H and O–H groups in total. The zero-order valence-corrected chi connectivity index (χ0v) is 38.6. The molecule has 21 heteroatoms. The number of imidazole rings is 1. The zero-order chi connectivity index (χ0) is 48.1. The lowest BCUT2D eigenvalue weighted by Crippen LogP contribution is -2.72. The first-order chi connectivity index (χ1) is 33.8. The molecular formula is C49H47F3N12O5S. The van der Waals surface area contributed by atoms with Gasteiger partial charge in [0, 0.05) is 90.6 Å². The Bertz CT molecular complexity index is 3110. The van der Waals surface area contributed by atoms with Crippen molar-refractivity contribution in [2.24, 2.45) is 5.41 Å². The number of piperidine rings is 1. The van der Waals surface area contributed by atoms with Gasteiger partial charge in [0.05, 0.1) is 49.6 Å². The van der Waals surface area contributed by atoms with Gasteiger partial charge in [0.1, 0.15) is 5.82 Å². The van der Waals surface area contributed by atoms with E-state index in [0.29, 0.717) is 45.2 Å². The molecule has 9 heterocycles. The first kappa shape index (κ1) is 44.3. The van der Waals surface area contributed by atoms with E-state index < -0.39 is 48.1 Å². The number of imide groups is 1. The minimum absolute atomic E-state index is 0.0428. The fraction of sp³-hybridized carbons (Fsp3) is 0.388. The Morgan fingerprint density at radius 3 is 2.49 bits per heavy atom. The van der Waals surface area contributed by atoms with E-state index in [4.69, 9.17) is 0 Å². The summed E-state index contributed by atoms with van der Waals surface area (Å²) in [5, 5.41) is 14.9. The van der Waals surface area contributed by atoms with E-state index in [1.54, 1.807) is 47.1 Å². The van der Waals surface area contributed by atoms with Gasteiger partial charge in [0.25, 0.3) is 17.7 Å². The number of fused-ring (bicyclic) bond motifs is 3. The summed E-state index contributed by atoms with van der Waals surface area (Å²) in [6.07, 6.45) is 5.21. The molecule has 4 saturated heterocycles. The normalized spacial score (nSPS) is 21.2. The summed E-state index contributed by atoms with van der Waals surface area (Å²) in [5.74, 6) is -5.68. The number of alkyl halides is 2. The number of hydrogen-bond acceptors (Lipinski definition) is 12. The van der Waals surface area contributed by atoms with E-state index in [2.05, 4.69) is 40.6 Å². The maximum absolute atomic E-state index is 16.0. The van der Waals surface area contributed by atoms with Crippen molar-refractivity contribution >= 4 is 68.4 Å². The first-order valence-electron chi connectivity index (χ1n) is 23.4. The number of thiazole rings is 1. The van der Waals surface area contributed by atoms with Crippen LogP contribution in [0.3, 0.4) is 0 Å². The number of urea groups is 1. The highest BCUT2D eigenvalue weighted by atomic mass is 32.1. The molecule has 6 aliphatic heterocycles. The number of nitrogens with one attached hydrogen (secondary N) is 3. The molecule has 5 amide bonds. The molecule has 3 aromatic heterocycles. The van der Waals surface area contributed by atoms with E-state index in [1.807, 2.05) is 28.8 Å². The van der Waals surface area contributed by atoms with Crippen LogP contribution >= 0.6 is 11.3 Å². The monoisotopic (exact) mass is 972 g/mol. The second-order valence-electron chi connectivity index (χ2n) is 19.5. The van der Waals surface area contributed by atoms with Crippen molar-refractivity contribution in [2.75, 3.05) is 74.0 Å². The Balaban J connectivity index is 0.631. The van der Waals surface area contributed by atoms with Gasteiger partial charge in [0.15, 0.2) is 22.8 Å². The highest BCUT2D eigenvalue weighted by Crippen LogP contribution is 2.44. The second kappa shape index (κ2) is 16.9. The number of Topliss-reactive ketones (excluding diaryl/α,β-unsaturated/α-hetero) is 1. The average molecular weight is 973 g/mol. The van der Waals surface area contributed by atoms with Gasteiger partial charge < -0.3 is 14.4 Å². The number of amides is 5. The maximum Gasteiger partial charge on any atom is 0.329 e. The summed E-state index contributed by atoms with van der Waals surface area (Å²) in [5.41, 5.74) is 5.13. The predicted octanol–water partition coefficient (Wildman–Crippen LogP) is 5.57. The highest BCUT2D eigenvalue weighted by Gasteiger charge is 2.52. The average Bonchev–Trinajstić information content (AvgIpc) is 4.16. The summed E-state index contributed by atoms with van der Waals surface area (Å²) < 4.78 is 49.4. The van der Waals surface area contributed by atoms with Crippen molar-refractivity contribution in [3.63, 3.8) is 0 Å². The van der Waals surface area contributed by atoms with Gasteiger partial charge in [-0.3, -0.25) is 49.6 Å². The summed E-state index contributed by atoms with van der Waals surface area (Å²) in [4.78, 5) is 82.6. The van der Waals surface area contributed by atoms with Crippen molar-refractivity contribution in [2.45, 2.75) is 56.7 Å². The third kappa shape index (κ3) is 7.79. The van der Waals surface area contributed by atoms with E-state index in [9.17, 15) is 24.0 Å². The van der Waals surface area contributed by atoms with Crippen molar-refractivity contribution in [1.29, 1.82) is 0 Å². The Kier molecular flexibility index (Phi) is 10.7. The van der Waals surface area contributed by atoms with Gasteiger partial charge in [0.2, 0.25) is 5.91 Å². The fourth-order valence-electron chi connectivity index (χ4n) is 11.5. The number of likely N-dealkylation sites (tertiary alicyclic amines) is 2. The van der Waals surface area contributed by atoms with Crippen LogP contribution in [0.2, 0.25) is 0 Å². The maximum atomic E-state index is 16.0. The molecule has 4 fully saturated rings. The summed E-state index contributed by atoms with van der Waals surface area (Å²) in [7, 11) is 0. The quantitative estimate of drug-likeness (QED) is 0.139. The molecule has 3 aromatic carbocycles. The van der Waals surface area contributed by atoms with Gasteiger partial charge in [-0.1, -0.05) is 18.2 Å². The van der Waals surface area contributed by atoms with Crippen molar-refractivity contribution in [3.05, 3.63) is 106 Å². The first-order valence-corrected chi connectivity index (χ1v) is 24.3. The lowest BCUT2D eigenvalue weighted by molar-refractivity contribution is -0.129. The molecule has 6 aliphatic rings. The summed E-state index contributed by atoms with van der Waals surface area (Å²) in [6.45, 7) is 3.91. The molecule has 2 unspecified atom stereocenters. The molecule has 6 aromatic rings. The van der Waals surface area contributed by atoms with Gasteiger partial charge in [-0.25, -0.2) is 27.9 Å². The number of hydrogen-bond donors (Lipinski definition) is 3. The number of carbonyl (C=O) groups is 5. The van der Waals surface area contributed by atoms with Crippen molar-refractivity contribution in [1.82, 2.24) is 44.7 Å². The van der Waals surface area contributed by atoms with Gasteiger partial charge in [-0.05, 0) is 78.9 Å². The number of nitrogens with zero attached hydrogens (tertiary/aromatic N) is 9. The van der Waals surface area contributed by atoms with E-state index >= 15 is 13.2 Å². The van der Waals surface area contributed by atoms with Crippen LogP contribution in [0.5, 0.6) is 0 Å². The lowest BCUT2D eigenvalue weighted by atomic mass is 9.72. The number of aryl methyl sites for hydroxylation is 1. The third-order valence-electron chi connectivity index (χ3n) is 14.8. The van der Waals surface area contributed by atoms with Crippen LogP contribution in [0.15, 0.2) is 72.5 Å². The number of aromatic amines is 1. The number of aromatic nitrogens is 5. The van der Waals surface area contributed by atoms with E-state index in [1.165, 1.54) is 27.2 Å². The molecule has 0 radical (unpaired) electrons. The number of rotatable bonds is 12. The zero-order valence-electron chi connectivity index (χ0n) is 37.8. The Hall–Kier alpha value is -6.97. The Morgan fingerprint density at radius 1 is 0.900 bits per heavy atom. The molecule has 0 aliphatic carbocycles. The standard InChI is InChI=1S/C49H47F3N12O5S/c50-37-17-30(16-34-35(37)21-64(45(34)68)42(44(67)56-46-53-11-15-70-46)41-39-2-1-12-61(39)27-54-41)28-3-6-31(7-4-28)62-24-48(25-62)22-60(23-48)20-32(65)19-59-13-9-36(49(51,52)26-59)29-5-8-33-38(18-29)57-58-43(33)63-14-10-40(66)55-47(63)69/h3-8,11,15-18,27,36,42H,1-2,9-10,12-14,19-26H2,(H,57,58)(H,53,56,67)(H,55,66,69). The smallest absolute Gasteiger partial charge is 0.329 e. The van der Waals surface area contributed by atoms with Crippen LogP contribution in [-0.2, 0) is 33.9 Å². The van der Waals surface area contributed by atoms with E-state index in [0.717, 1.165) is 62.5 Å². The van der Waals surface area contributed by atoms with Gasteiger partial charge in [-0.15, -0.1) is 11.3 Å². The molecule has 12 rings (SSSR count). The van der Waals surface area contributed by atoms with Gasteiger partial charge in [-0.2, -0.15) is 5.10 Å². The third-order valence-corrected chi connectivity index (χ3v) is 15.5. The Morgan fingerprint density at radius 2 is 1.71 bits per heavy atom. The number of ketones is 1. The molecule has 70 heavy (non-hydrogen) atoms. The minimum atomic E-state index is -3.08. The van der Waals surface area contributed by atoms with Crippen molar-refractivity contribution < 1.29 is 37.1 Å². The molecule has 0 saturated carbocycles. The van der Waals surface area contributed by atoms with Crippen LogP contribution in [0, 0.1) is 11.2 Å². The molecule has 2 atom stereocenters. The molecule has 1 spiro atoms. The van der Waals surface area contributed by atoms with Gasteiger partial charge >= 0.3 is 6.03 Å². The SMILES string of the molecule is O=C(CN1CC2(C1)CN(c1ccc(-c3cc(F)c4c(c3)C(=O)N(C(C(=O)Nc3nccs3)c3ncn5c3CCC5)C4)cc1)C2)CN1CCC(c2ccc3c(N4CCC(=O)NC4=O)n[nH]c3c2)C(F)(F)C1.